The molecule has 0 unspecified atom stereocenters. The highest BCUT2D eigenvalue weighted by Gasteiger charge is 1.84. The molecule has 10 heteroatoms. The van der Waals surface area contributed by atoms with Crippen LogP contribution in [0.5, 0.6) is 0 Å². The number of hydrogen-bond acceptors (Lipinski definition) is 4. The predicted octanol–water partition coefficient (Wildman–Crippen LogP) is -0.688. The summed E-state index contributed by atoms with van der Waals surface area (Å²) in [5, 5.41) is 29.9. The molecular weight excluding hydrogens is 260 g/mol. The van der Waals surface area contributed by atoms with Gasteiger partial charge < -0.3 is 22.9 Å². The van der Waals surface area contributed by atoms with Gasteiger partial charge in [-0.3, -0.25) is 32.3 Å². The van der Waals surface area contributed by atoms with E-state index in [2.05, 4.69) is 13.8 Å². The number of hydrogen-bond donors (Lipinski definition) is 10. The second kappa shape index (κ2) is 16.5. The molecule has 0 aliphatic carbocycles. The third-order valence-corrected chi connectivity index (χ3v) is 1.50. The van der Waals surface area contributed by atoms with Crippen molar-refractivity contribution < 1.29 is 0 Å². The van der Waals surface area contributed by atoms with E-state index >= 15 is 0 Å². The summed E-state index contributed by atoms with van der Waals surface area (Å²) in [6.45, 7) is 4.46. The van der Waals surface area contributed by atoms with Crippen LogP contribution in [0.4, 0.5) is 0 Å². The van der Waals surface area contributed by atoms with Gasteiger partial charge in [0.15, 0.2) is 23.8 Å². The topological polar surface area (TPSA) is 224 Å². The SMILES string of the molecule is CCCCCC.N=C(N)NC(=N)N.N=C(N)NC(=N)N. The fraction of sp³-hybridized carbons (Fsp3) is 0.600. The van der Waals surface area contributed by atoms with E-state index in [0.29, 0.717) is 0 Å². The van der Waals surface area contributed by atoms with Gasteiger partial charge in [0.25, 0.3) is 0 Å². The molecule has 0 saturated heterocycles. The van der Waals surface area contributed by atoms with E-state index in [1.54, 1.807) is 0 Å². The largest absolute Gasteiger partial charge is 0.370 e. The number of nitrogens with two attached hydrogens (primary N) is 4. The van der Waals surface area contributed by atoms with Gasteiger partial charge in [0.2, 0.25) is 0 Å². The maximum Gasteiger partial charge on any atom is 0.192 e. The van der Waals surface area contributed by atoms with Gasteiger partial charge in [-0.2, -0.15) is 0 Å². The van der Waals surface area contributed by atoms with Crippen LogP contribution in [0, 0.1) is 21.6 Å². The summed E-state index contributed by atoms with van der Waals surface area (Å²) in [6, 6.07) is 0. The highest BCUT2D eigenvalue weighted by molar-refractivity contribution is 5.94. The Morgan fingerprint density at radius 1 is 0.650 bits per heavy atom. The molecule has 14 N–H and O–H groups in total. The molecule has 0 heterocycles. The van der Waals surface area contributed by atoms with Crippen molar-refractivity contribution in [2.24, 2.45) is 22.9 Å². The molecule has 0 aromatic heterocycles. The zero-order valence-electron chi connectivity index (χ0n) is 12.1. The Morgan fingerprint density at radius 3 is 0.900 bits per heavy atom. The molecule has 0 aromatic carbocycles. The van der Waals surface area contributed by atoms with Crippen molar-refractivity contribution >= 4 is 23.8 Å². The second-order valence-corrected chi connectivity index (χ2v) is 3.61. The van der Waals surface area contributed by atoms with Crippen LogP contribution in [0.3, 0.4) is 0 Å². The standard InChI is InChI=1S/C6H14.2C2H7N5/c1-3-5-6-4-2;2*3-1(4)7-2(5)6/h3-6H2,1-2H3;2*(H7,3,4,5,6,7). The first-order chi connectivity index (χ1) is 9.17. The number of rotatable bonds is 3. The van der Waals surface area contributed by atoms with Crippen molar-refractivity contribution in [1.29, 1.82) is 21.6 Å². The van der Waals surface area contributed by atoms with Crippen LogP contribution < -0.4 is 33.6 Å². The predicted molar refractivity (Wildman–Crippen MR) is 83.7 cm³/mol. The Balaban J connectivity index is -0.000000218. The average Bonchev–Trinajstić information content (AvgIpc) is 2.24. The summed E-state index contributed by atoms with van der Waals surface area (Å²) in [7, 11) is 0. The first-order valence-corrected chi connectivity index (χ1v) is 6.07. The zero-order chi connectivity index (χ0) is 16.6. The van der Waals surface area contributed by atoms with Crippen molar-refractivity contribution in [3.8, 4) is 0 Å². The summed E-state index contributed by atoms with van der Waals surface area (Å²) in [6.07, 6.45) is 5.54. The summed E-state index contributed by atoms with van der Waals surface area (Å²) in [5.41, 5.74) is 19.0. The summed E-state index contributed by atoms with van der Waals surface area (Å²) in [4.78, 5) is 0. The van der Waals surface area contributed by atoms with E-state index in [-0.39, 0.29) is 23.8 Å². The fourth-order valence-corrected chi connectivity index (χ4v) is 0.790. The number of guanidine groups is 4. The van der Waals surface area contributed by atoms with Crippen molar-refractivity contribution in [2.45, 2.75) is 39.5 Å². The normalized spacial score (nSPS) is 7.90. The van der Waals surface area contributed by atoms with Crippen molar-refractivity contribution in [3.63, 3.8) is 0 Å². The monoisotopic (exact) mass is 288 g/mol. The van der Waals surface area contributed by atoms with Crippen LogP contribution in [-0.4, -0.2) is 23.8 Å². The molecule has 20 heavy (non-hydrogen) atoms. The number of nitrogens with one attached hydrogen (secondary N) is 6. The van der Waals surface area contributed by atoms with Gasteiger partial charge in [0.05, 0.1) is 0 Å². The Kier molecular flexibility index (Phi) is 18.7. The Labute approximate surface area is 119 Å². The van der Waals surface area contributed by atoms with Crippen LogP contribution >= 0.6 is 0 Å². The zero-order valence-corrected chi connectivity index (χ0v) is 12.1. The minimum Gasteiger partial charge on any atom is -0.370 e. The van der Waals surface area contributed by atoms with Gasteiger partial charge in [-0.05, 0) is 0 Å². The molecule has 0 aromatic rings. The molecule has 0 radical (unpaired) electrons. The van der Waals surface area contributed by atoms with Crippen LogP contribution in [0.25, 0.3) is 0 Å². The summed E-state index contributed by atoms with van der Waals surface area (Å²) >= 11 is 0. The molecule has 0 spiro atoms. The molecule has 0 saturated carbocycles. The van der Waals surface area contributed by atoms with E-state index in [0.717, 1.165) is 0 Å². The second-order valence-electron chi connectivity index (χ2n) is 3.61. The lowest BCUT2D eigenvalue weighted by atomic mass is 10.2. The molecule has 0 bridgehead atoms. The molecule has 0 amide bonds. The maximum atomic E-state index is 6.47. The van der Waals surface area contributed by atoms with E-state index < -0.39 is 0 Å². The van der Waals surface area contributed by atoms with Crippen molar-refractivity contribution in [1.82, 2.24) is 10.6 Å². The third-order valence-electron chi connectivity index (χ3n) is 1.50. The van der Waals surface area contributed by atoms with Crippen LogP contribution in [-0.2, 0) is 0 Å². The quantitative estimate of drug-likeness (QED) is 0.183. The fourth-order valence-electron chi connectivity index (χ4n) is 0.790. The highest BCUT2D eigenvalue weighted by Crippen LogP contribution is 1.95. The van der Waals surface area contributed by atoms with E-state index in [9.17, 15) is 0 Å². The van der Waals surface area contributed by atoms with Crippen molar-refractivity contribution in [3.05, 3.63) is 0 Å². The van der Waals surface area contributed by atoms with E-state index in [4.69, 9.17) is 44.6 Å². The Morgan fingerprint density at radius 2 is 0.850 bits per heavy atom. The van der Waals surface area contributed by atoms with Gasteiger partial charge in [0, 0.05) is 0 Å². The lowest BCUT2D eigenvalue weighted by molar-refractivity contribution is 0.702. The molecule has 0 aliphatic heterocycles. The molecule has 0 aliphatic rings. The van der Waals surface area contributed by atoms with Crippen LogP contribution in [0.15, 0.2) is 0 Å². The highest BCUT2D eigenvalue weighted by atomic mass is 15.1. The lowest BCUT2D eigenvalue weighted by Crippen LogP contribution is -2.39. The van der Waals surface area contributed by atoms with Gasteiger partial charge in [-0.1, -0.05) is 39.5 Å². The lowest BCUT2D eigenvalue weighted by Gasteiger charge is -1.95. The Bertz CT molecular complexity index is 244. The minimum atomic E-state index is -0.312. The minimum absolute atomic E-state index is 0.312. The molecule has 0 rings (SSSR count). The molecule has 10 nitrogen and oxygen atoms in total. The van der Waals surface area contributed by atoms with Crippen molar-refractivity contribution in [2.75, 3.05) is 0 Å². The first-order valence-electron chi connectivity index (χ1n) is 6.07. The maximum absolute atomic E-state index is 6.47. The molecule has 0 atom stereocenters. The van der Waals surface area contributed by atoms with Gasteiger partial charge in [0.1, 0.15) is 0 Å². The first kappa shape index (κ1) is 22.6. The molecular formula is C10H28N10. The van der Waals surface area contributed by atoms with E-state index in [1.807, 2.05) is 10.6 Å². The van der Waals surface area contributed by atoms with Crippen LogP contribution in [0.1, 0.15) is 39.5 Å². The summed E-state index contributed by atoms with van der Waals surface area (Å²) in [5.74, 6) is -1.25. The smallest absolute Gasteiger partial charge is 0.192 e. The average molecular weight is 288 g/mol. The third kappa shape index (κ3) is 45.1. The van der Waals surface area contributed by atoms with Gasteiger partial charge in [-0.15, -0.1) is 0 Å². The van der Waals surface area contributed by atoms with E-state index in [1.165, 1.54) is 25.7 Å². The van der Waals surface area contributed by atoms with Gasteiger partial charge in [-0.25, -0.2) is 0 Å². The number of unbranched alkanes of at least 4 members (excludes halogenated alkanes) is 3. The van der Waals surface area contributed by atoms with Crippen LogP contribution in [0.2, 0.25) is 0 Å². The molecule has 118 valence electrons. The summed E-state index contributed by atoms with van der Waals surface area (Å²) < 4.78 is 0. The molecule has 0 fully saturated rings. The Hall–Kier alpha value is -2.52. The van der Waals surface area contributed by atoms with Gasteiger partial charge >= 0.3 is 0 Å².